The molecule has 7 nitrogen and oxygen atoms in total. The minimum Gasteiger partial charge on any atom is -0.508 e. The molecular formula is C34H34F5N5O2. The Morgan fingerprint density at radius 1 is 1.13 bits per heavy atom. The first kappa shape index (κ1) is 29.6. The van der Waals surface area contributed by atoms with Crippen molar-refractivity contribution in [3.8, 4) is 22.9 Å². The van der Waals surface area contributed by atoms with Crippen LogP contribution in [0.3, 0.4) is 0 Å². The second-order valence-corrected chi connectivity index (χ2v) is 13.7. The summed E-state index contributed by atoms with van der Waals surface area (Å²) in [6.07, 6.45) is -0.00743. The minimum atomic E-state index is -2.93. The first-order chi connectivity index (χ1) is 22.0. The van der Waals surface area contributed by atoms with E-state index in [1.807, 2.05) is 4.90 Å². The molecule has 8 rings (SSSR count). The number of fused-ring (bicyclic) bond motifs is 5. The highest BCUT2D eigenvalue weighted by molar-refractivity contribution is 6.03. The molecule has 12 heteroatoms. The molecule has 2 bridgehead atoms. The maximum absolute atomic E-state index is 16.8. The Morgan fingerprint density at radius 2 is 1.98 bits per heavy atom. The van der Waals surface area contributed by atoms with Gasteiger partial charge in [0, 0.05) is 48.6 Å². The highest BCUT2D eigenvalue weighted by Crippen LogP contribution is 2.44. The summed E-state index contributed by atoms with van der Waals surface area (Å²) in [5.41, 5.74) is -2.15. The van der Waals surface area contributed by atoms with Gasteiger partial charge in [0.15, 0.2) is 5.82 Å². The maximum atomic E-state index is 16.8. The quantitative estimate of drug-likeness (QED) is 0.229. The number of hydrogen-bond acceptors (Lipinski definition) is 7. The molecule has 5 heterocycles. The van der Waals surface area contributed by atoms with E-state index in [0.717, 1.165) is 44.4 Å². The number of phenolic OH excluding ortho intramolecular Hbond substituents is 1. The molecule has 4 aliphatic heterocycles. The van der Waals surface area contributed by atoms with Gasteiger partial charge in [-0.15, -0.1) is 0 Å². The number of anilines is 1. The standard InChI is InChI=1S/C34H34F5N5O2/c1-33-8-6-20(42-33)15-43(16-33)31-24-12-25(36)27(23-11-21(45)10-18-4-2-5-22(26(18)23)30(38)39)28(37)29(24)40-32(41-31)46-17-34-7-3-9-44(34)14-19(35)13-34/h2,4-5,10-12,19-20,30,42,45H,3,6-9,13-17H2,1H3/t19-,20-,33+,34+/m1/s1. The Kier molecular flexibility index (Phi) is 6.84. The molecular weight excluding hydrogens is 605 g/mol. The fourth-order valence-corrected chi connectivity index (χ4v) is 8.48. The molecule has 4 fully saturated rings. The molecule has 3 aromatic carbocycles. The van der Waals surface area contributed by atoms with Gasteiger partial charge in [0.2, 0.25) is 0 Å². The smallest absolute Gasteiger partial charge is 0.319 e. The molecule has 0 amide bonds. The highest BCUT2D eigenvalue weighted by atomic mass is 19.3. The second kappa shape index (κ2) is 10.6. The van der Waals surface area contributed by atoms with Crippen LogP contribution in [-0.4, -0.2) is 76.1 Å². The van der Waals surface area contributed by atoms with Gasteiger partial charge in [-0.2, -0.15) is 9.97 Å². The van der Waals surface area contributed by atoms with Crippen molar-refractivity contribution in [1.29, 1.82) is 0 Å². The van der Waals surface area contributed by atoms with Crippen molar-refractivity contribution in [2.75, 3.05) is 37.7 Å². The fraction of sp³-hybridized carbons (Fsp3) is 0.471. The normalized spacial score (nSPS) is 27.8. The molecule has 0 aliphatic carbocycles. The summed E-state index contributed by atoms with van der Waals surface area (Å²) < 4.78 is 82.0. The van der Waals surface area contributed by atoms with Crippen molar-refractivity contribution in [3.63, 3.8) is 0 Å². The van der Waals surface area contributed by atoms with Gasteiger partial charge >= 0.3 is 6.01 Å². The third-order valence-electron chi connectivity index (χ3n) is 10.4. The van der Waals surface area contributed by atoms with E-state index in [0.29, 0.717) is 31.9 Å². The number of nitrogens with one attached hydrogen (secondary N) is 1. The van der Waals surface area contributed by atoms with Gasteiger partial charge < -0.3 is 20.1 Å². The zero-order chi connectivity index (χ0) is 32.0. The van der Waals surface area contributed by atoms with E-state index < -0.39 is 40.9 Å². The van der Waals surface area contributed by atoms with Crippen LogP contribution in [0.15, 0.2) is 36.4 Å². The van der Waals surface area contributed by atoms with E-state index >= 15 is 8.78 Å². The predicted molar refractivity (Wildman–Crippen MR) is 164 cm³/mol. The van der Waals surface area contributed by atoms with Crippen molar-refractivity contribution < 1.29 is 31.8 Å². The van der Waals surface area contributed by atoms with Gasteiger partial charge in [-0.1, -0.05) is 18.2 Å². The van der Waals surface area contributed by atoms with Crippen LogP contribution in [0.1, 0.15) is 51.0 Å². The van der Waals surface area contributed by atoms with Crippen molar-refractivity contribution in [3.05, 3.63) is 53.6 Å². The Bertz CT molecular complexity index is 1880. The number of nitrogens with zero attached hydrogens (tertiary/aromatic N) is 4. The van der Waals surface area contributed by atoms with Gasteiger partial charge in [0.25, 0.3) is 6.43 Å². The zero-order valence-corrected chi connectivity index (χ0v) is 25.3. The van der Waals surface area contributed by atoms with Crippen LogP contribution in [-0.2, 0) is 0 Å². The molecule has 0 spiro atoms. The van der Waals surface area contributed by atoms with Crippen molar-refractivity contribution in [2.24, 2.45) is 0 Å². The van der Waals surface area contributed by atoms with Gasteiger partial charge in [-0.05, 0) is 73.7 Å². The summed E-state index contributed by atoms with van der Waals surface area (Å²) in [7, 11) is 0. The van der Waals surface area contributed by atoms with E-state index in [2.05, 4.69) is 22.1 Å². The van der Waals surface area contributed by atoms with Gasteiger partial charge in [0.05, 0.1) is 11.1 Å². The summed E-state index contributed by atoms with van der Waals surface area (Å²) >= 11 is 0. The molecule has 4 aliphatic rings. The van der Waals surface area contributed by atoms with Crippen LogP contribution in [0.4, 0.5) is 27.8 Å². The molecule has 4 atom stereocenters. The summed E-state index contributed by atoms with van der Waals surface area (Å²) in [4.78, 5) is 13.2. The highest BCUT2D eigenvalue weighted by Gasteiger charge is 2.49. The molecule has 0 saturated carbocycles. The molecule has 1 aromatic heterocycles. The number of ether oxygens (including phenoxy) is 1. The number of rotatable bonds is 6. The number of aromatic nitrogens is 2. The molecule has 4 saturated heterocycles. The number of piperazine rings is 1. The first-order valence-corrected chi connectivity index (χ1v) is 15.8. The Labute approximate surface area is 262 Å². The summed E-state index contributed by atoms with van der Waals surface area (Å²) in [6.45, 7) is 4.42. The molecule has 242 valence electrons. The second-order valence-electron chi connectivity index (χ2n) is 13.7. The van der Waals surface area contributed by atoms with E-state index in [9.17, 15) is 18.3 Å². The Balaban J connectivity index is 1.30. The van der Waals surface area contributed by atoms with Crippen LogP contribution in [0.5, 0.6) is 11.8 Å². The first-order valence-electron chi connectivity index (χ1n) is 15.8. The van der Waals surface area contributed by atoms with Gasteiger partial charge in [-0.25, -0.2) is 22.0 Å². The molecule has 46 heavy (non-hydrogen) atoms. The van der Waals surface area contributed by atoms with Crippen molar-refractivity contribution in [1.82, 2.24) is 20.2 Å². The van der Waals surface area contributed by atoms with E-state index in [4.69, 9.17) is 9.72 Å². The third-order valence-corrected chi connectivity index (χ3v) is 10.4. The van der Waals surface area contributed by atoms with Crippen LogP contribution in [0, 0.1) is 11.6 Å². The molecule has 4 aromatic rings. The predicted octanol–water partition coefficient (Wildman–Crippen LogP) is 6.66. The summed E-state index contributed by atoms with van der Waals surface area (Å²) in [6, 6.07) is 7.68. The summed E-state index contributed by atoms with van der Waals surface area (Å²) in [5.74, 6) is -2.08. The Hall–Kier alpha value is -3.77. The average molecular weight is 640 g/mol. The van der Waals surface area contributed by atoms with Crippen molar-refractivity contribution in [2.45, 2.75) is 68.7 Å². The summed E-state index contributed by atoms with van der Waals surface area (Å²) in [5, 5.41) is 14.4. The van der Waals surface area contributed by atoms with E-state index in [1.54, 1.807) is 0 Å². The van der Waals surface area contributed by atoms with E-state index in [1.165, 1.54) is 24.3 Å². The van der Waals surface area contributed by atoms with Gasteiger partial charge in [-0.3, -0.25) is 4.90 Å². The number of hydrogen-bond donors (Lipinski definition) is 2. The Morgan fingerprint density at radius 3 is 2.78 bits per heavy atom. The maximum Gasteiger partial charge on any atom is 0.319 e. The molecule has 0 radical (unpaired) electrons. The fourth-order valence-electron chi connectivity index (χ4n) is 8.48. The molecule has 2 N–H and O–H groups in total. The number of phenols is 1. The lowest BCUT2D eigenvalue weighted by Crippen LogP contribution is -2.58. The van der Waals surface area contributed by atoms with Crippen LogP contribution >= 0.6 is 0 Å². The van der Waals surface area contributed by atoms with Crippen LogP contribution in [0.25, 0.3) is 32.8 Å². The van der Waals surface area contributed by atoms with Crippen molar-refractivity contribution >= 4 is 27.5 Å². The SMILES string of the molecule is C[C@]12CC[C@H](CN(c3nc(OC[C@@]45CCCN4C[C@H](F)C5)nc4c(F)c(-c5cc(O)cc6cccc(C(F)F)c56)c(F)cc34)C1)N2. The number of aromatic hydroxyl groups is 1. The lowest BCUT2D eigenvalue weighted by atomic mass is 9.92. The largest absolute Gasteiger partial charge is 0.508 e. The number of benzene rings is 3. The topological polar surface area (TPSA) is 73.8 Å². The van der Waals surface area contributed by atoms with Crippen LogP contribution < -0.4 is 15.0 Å². The molecule has 0 unspecified atom stereocenters. The average Bonchev–Trinajstić information content (AvgIpc) is 3.63. The lowest BCUT2D eigenvalue weighted by Gasteiger charge is -2.40. The number of alkyl halides is 3. The monoisotopic (exact) mass is 639 g/mol. The van der Waals surface area contributed by atoms with Gasteiger partial charge in [0.1, 0.15) is 35.7 Å². The minimum absolute atomic E-state index is 0.0627. The number of halogens is 5. The van der Waals surface area contributed by atoms with Crippen LogP contribution in [0.2, 0.25) is 0 Å². The lowest BCUT2D eigenvalue weighted by molar-refractivity contribution is 0.107. The third kappa shape index (κ3) is 4.74. The van der Waals surface area contributed by atoms with E-state index in [-0.39, 0.29) is 57.2 Å². The zero-order valence-electron chi connectivity index (χ0n) is 25.3.